The maximum Gasteiger partial charge on any atom is 0.336 e. The van der Waals surface area contributed by atoms with Crippen LogP contribution in [0.15, 0.2) is 65.4 Å². The molecule has 0 saturated heterocycles. The number of amides is 2. The smallest absolute Gasteiger partial charge is 0.336 e. The van der Waals surface area contributed by atoms with Gasteiger partial charge in [-0.25, -0.2) is 13.9 Å². The number of nitrogens with one attached hydrogen (secondary N) is 2. The van der Waals surface area contributed by atoms with E-state index in [1.807, 2.05) is 0 Å². The number of rotatable bonds is 8. The molecule has 11 heteroatoms. The summed E-state index contributed by atoms with van der Waals surface area (Å²) in [7, 11) is 0. The van der Waals surface area contributed by atoms with E-state index in [4.69, 9.17) is 4.42 Å². The zero-order valence-electron chi connectivity index (χ0n) is 19.4. The molecule has 0 aliphatic rings. The van der Waals surface area contributed by atoms with Crippen LogP contribution in [0.1, 0.15) is 39.0 Å². The van der Waals surface area contributed by atoms with Crippen molar-refractivity contribution in [3.8, 4) is 16.9 Å². The number of hydrogen-bond acceptors (Lipinski definition) is 6. The first-order valence-electron chi connectivity index (χ1n) is 10.9. The SMILES string of the molecule is Cc1ccc(-c2cn(-c3ccc(C(=O)NC(C)C(=O)NCc4ccco4)c(F)c3)nn2)c(C(=O)O)c1. The minimum absolute atomic E-state index is 0.0718. The van der Waals surface area contributed by atoms with Crippen LogP contribution in [0.3, 0.4) is 0 Å². The number of hydrogen-bond donors (Lipinski definition) is 3. The highest BCUT2D eigenvalue weighted by Crippen LogP contribution is 2.24. The lowest BCUT2D eigenvalue weighted by molar-refractivity contribution is -0.122. The summed E-state index contributed by atoms with van der Waals surface area (Å²) in [6, 6.07) is 11.2. The molecule has 0 aliphatic carbocycles. The lowest BCUT2D eigenvalue weighted by atomic mass is 10.0. The van der Waals surface area contributed by atoms with Crippen molar-refractivity contribution in [2.45, 2.75) is 26.4 Å². The maximum absolute atomic E-state index is 14.8. The first kappa shape index (κ1) is 24.3. The van der Waals surface area contributed by atoms with Gasteiger partial charge in [0.15, 0.2) is 0 Å². The van der Waals surface area contributed by atoms with Crippen molar-refractivity contribution < 1.29 is 28.3 Å². The van der Waals surface area contributed by atoms with Gasteiger partial charge in [-0.3, -0.25) is 9.59 Å². The quantitative estimate of drug-likeness (QED) is 0.344. The van der Waals surface area contributed by atoms with E-state index in [9.17, 15) is 23.9 Å². The van der Waals surface area contributed by atoms with E-state index in [1.54, 1.807) is 31.2 Å². The van der Waals surface area contributed by atoms with Crippen LogP contribution in [0.4, 0.5) is 4.39 Å². The summed E-state index contributed by atoms with van der Waals surface area (Å²) in [5.74, 6) is -2.59. The average molecular weight is 491 g/mol. The van der Waals surface area contributed by atoms with Gasteiger partial charge in [-0.1, -0.05) is 22.9 Å². The lowest BCUT2D eigenvalue weighted by Crippen LogP contribution is -2.44. The standard InChI is InChI=1S/C25H22FN5O5/c1-14-5-7-18(20(10-14)25(34)35)22-13-31(30-29-22)16-6-8-19(21(26)11-16)24(33)28-15(2)23(32)27-12-17-4-3-9-36-17/h3-11,13,15H,12H2,1-2H3,(H,27,32)(H,28,33)(H,34,35). The molecular weight excluding hydrogens is 469 g/mol. The Bertz CT molecular complexity index is 1430. The first-order valence-corrected chi connectivity index (χ1v) is 10.9. The normalized spacial score (nSPS) is 11.6. The molecule has 184 valence electrons. The van der Waals surface area contributed by atoms with Gasteiger partial charge >= 0.3 is 5.97 Å². The third kappa shape index (κ3) is 5.30. The highest BCUT2D eigenvalue weighted by Gasteiger charge is 2.20. The van der Waals surface area contributed by atoms with E-state index in [-0.39, 0.29) is 23.4 Å². The third-order valence-electron chi connectivity index (χ3n) is 5.39. The molecule has 2 aromatic heterocycles. The topological polar surface area (TPSA) is 139 Å². The number of nitrogens with zero attached hydrogens (tertiary/aromatic N) is 3. The van der Waals surface area contributed by atoms with Crippen LogP contribution < -0.4 is 10.6 Å². The van der Waals surface area contributed by atoms with Gasteiger partial charge in [-0.2, -0.15) is 0 Å². The number of aromatic carboxylic acids is 1. The Balaban J connectivity index is 1.46. The Morgan fingerprint density at radius 3 is 2.64 bits per heavy atom. The summed E-state index contributed by atoms with van der Waals surface area (Å²) in [6.45, 7) is 3.42. The molecule has 4 rings (SSSR count). The predicted octanol–water partition coefficient (Wildman–Crippen LogP) is 3.11. The van der Waals surface area contributed by atoms with Crippen LogP contribution in [0.5, 0.6) is 0 Å². The van der Waals surface area contributed by atoms with E-state index >= 15 is 0 Å². The Kier molecular flexibility index (Phi) is 6.91. The molecule has 0 aliphatic heterocycles. The third-order valence-corrected chi connectivity index (χ3v) is 5.39. The largest absolute Gasteiger partial charge is 0.478 e. The summed E-state index contributed by atoms with van der Waals surface area (Å²) < 4.78 is 21.2. The van der Waals surface area contributed by atoms with Gasteiger partial charge in [0, 0.05) is 11.6 Å². The molecule has 2 heterocycles. The predicted molar refractivity (Wildman–Crippen MR) is 126 cm³/mol. The number of aryl methyl sites for hydroxylation is 1. The van der Waals surface area contributed by atoms with Crippen molar-refractivity contribution >= 4 is 17.8 Å². The van der Waals surface area contributed by atoms with Crippen LogP contribution >= 0.6 is 0 Å². The second-order valence-corrected chi connectivity index (χ2v) is 8.06. The number of carbonyl (C=O) groups excluding carboxylic acids is 2. The van der Waals surface area contributed by atoms with E-state index in [2.05, 4.69) is 20.9 Å². The fourth-order valence-electron chi connectivity index (χ4n) is 3.48. The zero-order valence-corrected chi connectivity index (χ0v) is 19.4. The van der Waals surface area contributed by atoms with Gasteiger partial charge in [0.2, 0.25) is 5.91 Å². The van der Waals surface area contributed by atoms with Crippen LogP contribution in [-0.2, 0) is 11.3 Å². The highest BCUT2D eigenvalue weighted by atomic mass is 19.1. The number of benzene rings is 2. The Morgan fingerprint density at radius 2 is 1.94 bits per heavy atom. The van der Waals surface area contributed by atoms with E-state index in [0.717, 1.165) is 11.6 Å². The Morgan fingerprint density at radius 1 is 1.14 bits per heavy atom. The second kappa shape index (κ2) is 10.2. The van der Waals surface area contributed by atoms with Crippen molar-refractivity contribution in [1.82, 2.24) is 25.6 Å². The van der Waals surface area contributed by atoms with Gasteiger partial charge in [0.25, 0.3) is 5.91 Å². The van der Waals surface area contributed by atoms with Crippen molar-refractivity contribution in [3.05, 3.63) is 89.3 Å². The summed E-state index contributed by atoms with van der Waals surface area (Å²) in [4.78, 5) is 36.4. The van der Waals surface area contributed by atoms with Crippen molar-refractivity contribution in [2.24, 2.45) is 0 Å². The molecule has 36 heavy (non-hydrogen) atoms. The molecular formula is C25H22FN5O5. The summed E-state index contributed by atoms with van der Waals surface area (Å²) in [6.07, 6.45) is 2.95. The summed E-state index contributed by atoms with van der Waals surface area (Å²) in [5.41, 5.74) is 1.54. The molecule has 10 nitrogen and oxygen atoms in total. The number of furan rings is 1. The molecule has 1 atom stereocenters. The molecule has 0 radical (unpaired) electrons. The molecule has 0 fully saturated rings. The lowest BCUT2D eigenvalue weighted by Gasteiger charge is -2.14. The number of aromatic nitrogens is 3. The molecule has 4 aromatic rings. The van der Waals surface area contributed by atoms with Gasteiger partial charge in [0.1, 0.15) is 23.3 Å². The molecule has 2 amide bonds. The first-order chi connectivity index (χ1) is 17.2. The maximum atomic E-state index is 14.8. The van der Waals surface area contributed by atoms with Gasteiger partial charge in [-0.15, -0.1) is 5.10 Å². The number of carboxylic acid groups (broad SMARTS) is 1. The minimum atomic E-state index is -1.10. The Hall–Kier alpha value is -4.80. The van der Waals surface area contributed by atoms with Gasteiger partial charge < -0.3 is 20.2 Å². The highest BCUT2D eigenvalue weighted by molar-refractivity contribution is 5.98. The molecule has 0 saturated carbocycles. The number of carbonyl (C=O) groups is 3. The van der Waals surface area contributed by atoms with Gasteiger partial charge in [0.05, 0.1) is 35.8 Å². The number of carboxylic acids is 1. The van der Waals surface area contributed by atoms with Crippen LogP contribution in [0.25, 0.3) is 16.9 Å². The fraction of sp³-hybridized carbons (Fsp3) is 0.160. The van der Waals surface area contributed by atoms with Crippen molar-refractivity contribution in [1.29, 1.82) is 0 Å². The molecule has 3 N–H and O–H groups in total. The number of halogens is 1. The summed E-state index contributed by atoms with van der Waals surface area (Å²) in [5, 5.41) is 22.5. The van der Waals surface area contributed by atoms with Crippen LogP contribution in [0, 0.1) is 12.7 Å². The van der Waals surface area contributed by atoms with Crippen LogP contribution in [0.2, 0.25) is 0 Å². The average Bonchev–Trinajstić information content (AvgIpc) is 3.54. The minimum Gasteiger partial charge on any atom is -0.478 e. The van der Waals surface area contributed by atoms with Crippen LogP contribution in [-0.4, -0.2) is 43.9 Å². The van der Waals surface area contributed by atoms with Crippen molar-refractivity contribution in [3.63, 3.8) is 0 Å². The summed E-state index contributed by atoms with van der Waals surface area (Å²) >= 11 is 0. The Labute approximate surface area is 204 Å². The van der Waals surface area contributed by atoms with E-state index in [1.165, 1.54) is 42.3 Å². The molecule has 0 spiro atoms. The molecule has 0 bridgehead atoms. The van der Waals surface area contributed by atoms with Gasteiger partial charge in [-0.05, 0) is 44.2 Å². The fourth-order valence-corrected chi connectivity index (χ4v) is 3.48. The van der Waals surface area contributed by atoms with Crippen molar-refractivity contribution in [2.75, 3.05) is 0 Å². The molecule has 1 unspecified atom stereocenters. The monoisotopic (exact) mass is 491 g/mol. The van der Waals surface area contributed by atoms with E-state index < -0.39 is 29.6 Å². The molecule has 2 aromatic carbocycles. The zero-order chi connectivity index (χ0) is 25.8. The van der Waals surface area contributed by atoms with E-state index in [0.29, 0.717) is 17.0 Å². The second-order valence-electron chi connectivity index (χ2n) is 8.06.